The van der Waals surface area contributed by atoms with Crippen LogP contribution in [0.5, 0.6) is 0 Å². The lowest BCUT2D eigenvalue weighted by Crippen LogP contribution is -2.32. The molecule has 1 N–H and O–H groups in total. The van der Waals surface area contributed by atoms with Gasteiger partial charge in [0.25, 0.3) is 0 Å². The van der Waals surface area contributed by atoms with E-state index in [0.29, 0.717) is 0 Å². The Morgan fingerprint density at radius 2 is 2.00 bits per heavy atom. The summed E-state index contributed by atoms with van der Waals surface area (Å²) in [6.07, 6.45) is 8.16. The summed E-state index contributed by atoms with van der Waals surface area (Å²) in [6.45, 7) is 5.66. The van der Waals surface area contributed by atoms with E-state index in [2.05, 4.69) is 30.6 Å². The standard InChI is InChI=1S/C15H25NS/c1-3-12-5-7-14(8-6-12)16-11-15-13(4-2)9-10-17-15/h9-10,12,14,16H,3-8,11H2,1-2H3. The maximum atomic E-state index is 3.75. The second-order valence-electron chi connectivity index (χ2n) is 5.23. The molecule has 96 valence electrons. The molecule has 1 fully saturated rings. The van der Waals surface area contributed by atoms with Crippen LogP contribution >= 0.6 is 11.3 Å². The smallest absolute Gasteiger partial charge is 0.0305 e. The number of rotatable bonds is 5. The highest BCUT2D eigenvalue weighted by Gasteiger charge is 2.19. The van der Waals surface area contributed by atoms with Crippen molar-refractivity contribution in [1.82, 2.24) is 5.32 Å². The van der Waals surface area contributed by atoms with E-state index >= 15 is 0 Å². The number of nitrogens with one attached hydrogen (secondary N) is 1. The van der Waals surface area contributed by atoms with Crippen LogP contribution < -0.4 is 5.32 Å². The van der Waals surface area contributed by atoms with Crippen molar-refractivity contribution in [2.45, 2.75) is 65.0 Å². The fourth-order valence-electron chi connectivity index (χ4n) is 2.85. The van der Waals surface area contributed by atoms with Crippen LogP contribution in [0.1, 0.15) is 56.4 Å². The van der Waals surface area contributed by atoms with Crippen molar-refractivity contribution in [3.8, 4) is 0 Å². The van der Waals surface area contributed by atoms with Gasteiger partial charge in [0.1, 0.15) is 0 Å². The van der Waals surface area contributed by atoms with Gasteiger partial charge in [0, 0.05) is 17.5 Å². The quantitative estimate of drug-likeness (QED) is 0.819. The molecule has 0 amide bonds. The molecule has 0 atom stereocenters. The maximum Gasteiger partial charge on any atom is 0.0305 e. The summed E-state index contributed by atoms with van der Waals surface area (Å²) >= 11 is 1.91. The second-order valence-corrected chi connectivity index (χ2v) is 6.23. The first-order valence-corrected chi connectivity index (χ1v) is 8.00. The van der Waals surface area contributed by atoms with Crippen LogP contribution in [0.2, 0.25) is 0 Å². The largest absolute Gasteiger partial charge is 0.309 e. The average Bonchev–Trinajstić information content (AvgIpc) is 2.84. The molecule has 1 aliphatic carbocycles. The first-order valence-electron chi connectivity index (χ1n) is 7.12. The zero-order valence-electron chi connectivity index (χ0n) is 11.2. The normalized spacial score (nSPS) is 25.1. The zero-order valence-corrected chi connectivity index (χ0v) is 12.0. The number of thiophene rings is 1. The first kappa shape index (κ1) is 13.1. The van der Waals surface area contributed by atoms with Crippen LogP contribution in [0.25, 0.3) is 0 Å². The Morgan fingerprint density at radius 1 is 1.24 bits per heavy atom. The first-order chi connectivity index (χ1) is 8.33. The minimum absolute atomic E-state index is 0.768. The lowest BCUT2D eigenvalue weighted by atomic mass is 9.84. The van der Waals surface area contributed by atoms with Crippen molar-refractivity contribution in [3.63, 3.8) is 0 Å². The molecule has 0 saturated heterocycles. The second kappa shape index (κ2) is 6.55. The Labute approximate surface area is 110 Å². The number of hydrogen-bond donors (Lipinski definition) is 1. The van der Waals surface area contributed by atoms with E-state index in [1.54, 1.807) is 4.88 Å². The SMILES string of the molecule is CCc1ccsc1CNC1CCC(CC)CC1. The molecule has 0 aromatic carbocycles. The third-order valence-electron chi connectivity index (χ3n) is 4.19. The summed E-state index contributed by atoms with van der Waals surface area (Å²) in [4.78, 5) is 1.55. The van der Waals surface area contributed by atoms with Crippen molar-refractivity contribution in [3.05, 3.63) is 21.9 Å². The molecule has 1 heterocycles. The molecule has 17 heavy (non-hydrogen) atoms. The maximum absolute atomic E-state index is 3.75. The van der Waals surface area contributed by atoms with Gasteiger partial charge >= 0.3 is 0 Å². The number of hydrogen-bond acceptors (Lipinski definition) is 2. The fourth-order valence-corrected chi connectivity index (χ4v) is 3.78. The van der Waals surface area contributed by atoms with Gasteiger partial charge in [-0.1, -0.05) is 20.3 Å². The summed E-state index contributed by atoms with van der Waals surface area (Å²) in [6, 6.07) is 3.04. The van der Waals surface area contributed by atoms with Crippen molar-refractivity contribution < 1.29 is 0 Å². The van der Waals surface area contributed by atoms with Crippen molar-refractivity contribution >= 4 is 11.3 Å². The predicted molar refractivity (Wildman–Crippen MR) is 76.6 cm³/mol. The Balaban J connectivity index is 1.76. The molecule has 0 unspecified atom stereocenters. The molecule has 1 aromatic heterocycles. The minimum Gasteiger partial charge on any atom is -0.309 e. The summed E-state index contributed by atoms with van der Waals surface area (Å²) in [5.41, 5.74) is 1.53. The predicted octanol–water partition coefficient (Wildman–Crippen LogP) is 4.37. The molecular formula is C15H25NS. The molecule has 2 rings (SSSR count). The van der Waals surface area contributed by atoms with Gasteiger partial charge in [-0.05, 0) is 55.0 Å². The van der Waals surface area contributed by atoms with E-state index in [1.165, 1.54) is 44.1 Å². The van der Waals surface area contributed by atoms with Crippen molar-refractivity contribution in [2.24, 2.45) is 5.92 Å². The van der Waals surface area contributed by atoms with Crippen LogP contribution in [0.15, 0.2) is 11.4 Å². The fraction of sp³-hybridized carbons (Fsp3) is 0.733. The lowest BCUT2D eigenvalue weighted by molar-refractivity contribution is 0.285. The van der Waals surface area contributed by atoms with Gasteiger partial charge in [0.05, 0.1) is 0 Å². The Bertz CT molecular complexity index is 323. The van der Waals surface area contributed by atoms with Gasteiger partial charge in [-0.3, -0.25) is 0 Å². The zero-order chi connectivity index (χ0) is 12.1. The molecule has 0 aliphatic heterocycles. The molecule has 0 bridgehead atoms. The van der Waals surface area contributed by atoms with Crippen molar-refractivity contribution in [1.29, 1.82) is 0 Å². The van der Waals surface area contributed by atoms with Crippen LogP contribution in [0.4, 0.5) is 0 Å². The van der Waals surface area contributed by atoms with E-state index in [0.717, 1.165) is 18.5 Å². The summed E-state index contributed by atoms with van der Waals surface area (Å²) < 4.78 is 0. The average molecular weight is 251 g/mol. The van der Waals surface area contributed by atoms with Crippen LogP contribution in [-0.4, -0.2) is 6.04 Å². The van der Waals surface area contributed by atoms with Gasteiger partial charge < -0.3 is 5.32 Å². The molecule has 1 aromatic rings. The van der Waals surface area contributed by atoms with Gasteiger partial charge in [0.15, 0.2) is 0 Å². The van der Waals surface area contributed by atoms with E-state index in [1.807, 2.05) is 11.3 Å². The highest BCUT2D eigenvalue weighted by molar-refractivity contribution is 7.10. The molecule has 0 spiro atoms. The Kier molecular flexibility index (Phi) is 5.05. The van der Waals surface area contributed by atoms with Gasteiger partial charge in [-0.15, -0.1) is 11.3 Å². The highest BCUT2D eigenvalue weighted by Crippen LogP contribution is 2.27. The van der Waals surface area contributed by atoms with Crippen molar-refractivity contribution in [2.75, 3.05) is 0 Å². The Morgan fingerprint density at radius 3 is 2.65 bits per heavy atom. The van der Waals surface area contributed by atoms with Crippen LogP contribution in [0.3, 0.4) is 0 Å². The van der Waals surface area contributed by atoms with Gasteiger partial charge in [0.2, 0.25) is 0 Å². The summed E-state index contributed by atoms with van der Waals surface area (Å²) in [5.74, 6) is 1.00. The molecule has 1 saturated carbocycles. The molecule has 0 radical (unpaired) electrons. The van der Waals surface area contributed by atoms with E-state index in [9.17, 15) is 0 Å². The van der Waals surface area contributed by atoms with Gasteiger partial charge in [-0.2, -0.15) is 0 Å². The minimum atomic E-state index is 0.768. The molecule has 2 heteroatoms. The van der Waals surface area contributed by atoms with E-state index in [-0.39, 0.29) is 0 Å². The van der Waals surface area contributed by atoms with E-state index in [4.69, 9.17) is 0 Å². The number of aryl methyl sites for hydroxylation is 1. The molecule has 1 nitrogen and oxygen atoms in total. The van der Waals surface area contributed by atoms with Crippen LogP contribution in [0, 0.1) is 5.92 Å². The highest BCUT2D eigenvalue weighted by atomic mass is 32.1. The summed E-state index contributed by atoms with van der Waals surface area (Å²) in [7, 11) is 0. The lowest BCUT2D eigenvalue weighted by Gasteiger charge is -2.28. The van der Waals surface area contributed by atoms with E-state index < -0.39 is 0 Å². The topological polar surface area (TPSA) is 12.0 Å². The van der Waals surface area contributed by atoms with Gasteiger partial charge in [-0.25, -0.2) is 0 Å². The molecule has 1 aliphatic rings. The monoisotopic (exact) mass is 251 g/mol. The third-order valence-corrected chi connectivity index (χ3v) is 5.16. The Hall–Kier alpha value is -0.340. The summed E-state index contributed by atoms with van der Waals surface area (Å²) in [5, 5.41) is 5.98. The van der Waals surface area contributed by atoms with Crippen LogP contribution in [-0.2, 0) is 13.0 Å². The third kappa shape index (κ3) is 3.56. The molecular weight excluding hydrogens is 226 g/mol.